The third-order valence-electron chi connectivity index (χ3n) is 3.37. The molecule has 2 unspecified atom stereocenters. The highest BCUT2D eigenvalue weighted by Crippen LogP contribution is 2.23. The van der Waals surface area contributed by atoms with Crippen molar-refractivity contribution in [1.29, 1.82) is 0 Å². The van der Waals surface area contributed by atoms with Crippen LogP contribution in [0.5, 0.6) is 0 Å². The van der Waals surface area contributed by atoms with E-state index in [-0.39, 0.29) is 18.0 Å². The Kier molecular flexibility index (Phi) is 6.45. The molecular formula is C14H24N4O. The predicted molar refractivity (Wildman–Crippen MR) is 76.6 cm³/mol. The van der Waals surface area contributed by atoms with Crippen molar-refractivity contribution in [3.63, 3.8) is 0 Å². The molecule has 1 aromatic heterocycles. The summed E-state index contributed by atoms with van der Waals surface area (Å²) in [6.45, 7) is 2.76. The van der Waals surface area contributed by atoms with E-state index in [9.17, 15) is 4.79 Å². The van der Waals surface area contributed by atoms with Crippen molar-refractivity contribution in [1.82, 2.24) is 15.2 Å². The number of aromatic nitrogens is 1. The minimum absolute atomic E-state index is 0.0390. The Hall–Kier alpha value is -1.46. The summed E-state index contributed by atoms with van der Waals surface area (Å²) in [6.07, 6.45) is 4.91. The van der Waals surface area contributed by atoms with Gasteiger partial charge in [-0.25, -0.2) is 0 Å². The molecule has 0 aliphatic rings. The van der Waals surface area contributed by atoms with Gasteiger partial charge in [-0.15, -0.1) is 0 Å². The van der Waals surface area contributed by atoms with Gasteiger partial charge in [0.25, 0.3) is 0 Å². The van der Waals surface area contributed by atoms with E-state index >= 15 is 0 Å². The van der Waals surface area contributed by atoms with Crippen LogP contribution in [0.4, 0.5) is 0 Å². The van der Waals surface area contributed by atoms with Crippen LogP contribution < -0.4 is 11.1 Å². The minimum atomic E-state index is 0.0390. The molecule has 3 N–H and O–H groups in total. The molecule has 1 aromatic rings. The lowest BCUT2D eigenvalue weighted by Gasteiger charge is -2.32. The lowest BCUT2D eigenvalue weighted by molar-refractivity contribution is -0.121. The van der Waals surface area contributed by atoms with E-state index in [2.05, 4.69) is 22.1 Å². The van der Waals surface area contributed by atoms with Crippen molar-refractivity contribution in [3.8, 4) is 0 Å². The molecular weight excluding hydrogens is 240 g/mol. The highest BCUT2D eigenvalue weighted by Gasteiger charge is 2.23. The number of nitrogens with zero attached hydrogens (tertiary/aromatic N) is 2. The van der Waals surface area contributed by atoms with Gasteiger partial charge in [0.2, 0.25) is 5.91 Å². The van der Waals surface area contributed by atoms with Gasteiger partial charge in [0.1, 0.15) is 0 Å². The van der Waals surface area contributed by atoms with Crippen LogP contribution >= 0.6 is 0 Å². The summed E-state index contributed by atoms with van der Waals surface area (Å²) >= 11 is 0. The molecule has 0 bridgehead atoms. The van der Waals surface area contributed by atoms with Gasteiger partial charge in [-0.1, -0.05) is 6.92 Å². The summed E-state index contributed by atoms with van der Waals surface area (Å²) in [5.74, 6) is 0.0467. The molecule has 1 heterocycles. The molecule has 5 nitrogen and oxygen atoms in total. The van der Waals surface area contributed by atoms with Gasteiger partial charge < -0.3 is 11.1 Å². The van der Waals surface area contributed by atoms with Crippen molar-refractivity contribution in [2.45, 2.75) is 31.8 Å². The van der Waals surface area contributed by atoms with E-state index < -0.39 is 0 Å². The van der Waals surface area contributed by atoms with Gasteiger partial charge in [0, 0.05) is 44.5 Å². The van der Waals surface area contributed by atoms with Gasteiger partial charge in [-0.3, -0.25) is 14.7 Å². The normalized spacial score (nSPS) is 14.2. The molecule has 0 spiro atoms. The molecule has 0 fully saturated rings. The lowest BCUT2D eigenvalue weighted by Crippen LogP contribution is -2.40. The average molecular weight is 264 g/mol. The fourth-order valence-electron chi connectivity index (χ4n) is 2.15. The standard InChI is InChI=1S/C14H24N4O/c1-4-12(15)14(11-5-8-17-9-6-11)18(3)10-7-13(19)16-2/h5-6,8-9,12,14H,4,7,10,15H2,1-3H3,(H,16,19). The SMILES string of the molecule is CCC(N)C(c1ccncc1)N(C)CCC(=O)NC. The third-order valence-corrected chi connectivity index (χ3v) is 3.37. The summed E-state index contributed by atoms with van der Waals surface area (Å²) in [5, 5.41) is 2.64. The van der Waals surface area contributed by atoms with Crippen molar-refractivity contribution in [2.75, 3.05) is 20.6 Å². The van der Waals surface area contributed by atoms with E-state index in [0.29, 0.717) is 13.0 Å². The first-order valence-electron chi connectivity index (χ1n) is 6.66. The number of nitrogens with one attached hydrogen (secondary N) is 1. The Labute approximate surface area is 115 Å². The molecule has 0 aliphatic carbocycles. The summed E-state index contributed by atoms with van der Waals surface area (Å²) in [5.41, 5.74) is 7.37. The molecule has 0 saturated carbocycles. The molecule has 0 aromatic carbocycles. The zero-order chi connectivity index (χ0) is 14.3. The van der Waals surface area contributed by atoms with Gasteiger partial charge in [-0.2, -0.15) is 0 Å². The molecule has 0 saturated heterocycles. The quantitative estimate of drug-likeness (QED) is 0.768. The maximum Gasteiger partial charge on any atom is 0.221 e. The van der Waals surface area contributed by atoms with Crippen molar-refractivity contribution in [2.24, 2.45) is 5.73 Å². The number of likely N-dealkylation sites (N-methyl/N-ethyl adjacent to an activating group) is 1. The second-order valence-corrected chi connectivity index (χ2v) is 4.70. The Bertz CT molecular complexity index is 382. The second-order valence-electron chi connectivity index (χ2n) is 4.70. The predicted octanol–water partition coefficient (Wildman–Crippen LogP) is 0.928. The minimum Gasteiger partial charge on any atom is -0.359 e. The number of amides is 1. The van der Waals surface area contributed by atoms with E-state index in [1.54, 1.807) is 19.4 Å². The number of carbonyl (C=O) groups excluding carboxylic acids is 1. The molecule has 19 heavy (non-hydrogen) atoms. The first-order chi connectivity index (χ1) is 9.10. The zero-order valence-corrected chi connectivity index (χ0v) is 12.0. The first kappa shape index (κ1) is 15.6. The molecule has 1 amide bonds. The summed E-state index contributed by atoms with van der Waals surface area (Å²) in [6, 6.07) is 4.11. The Morgan fingerprint density at radius 3 is 2.63 bits per heavy atom. The van der Waals surface area contributed by atoms with Crippen LogP contribution in [0.3, 0.4) is 0 Å². The van der Waals surface area contributed by atoms with E-state index in [1.807, 2.05) is 19.2 Å². The van der Waals surface area contributed by atoms with Crippen molar-refractivity contribution < 1.29 is 4.79 Å². The number of nitrogens with two attached hydrogens (primary N) is 1. The first-order valence-corrected chi connectivity index (χ1v) is 6.66. The zero-order valence-electron chi connectivity index (χ0n) is 12.0. The number of hydrogen-bond donors (Lipinski definition) is 2. The fourth-order valence-corrected chi connectivity index (χ4v) is 2.15. The van der Waals surface area contributed by atoms with E-state index in [1.165, 1.54) is 0 Å². The largest absolute Gasteiger partial charge is 0.359 e. The number of hydrogen-bond acceptors (Lipinski definition) is 4. The molecule has 0 aliphatic heterocycles. The molecule has 106 valence electrons. The molecule has 2 atom stereocenters. The van der Waals surface area contributed by atoms with E-state index in [4.69, 9.17) is 5.73 Å². The van der Waals surface area contributed by atoms with Crippen LogP contribution in [-0.2, 0) is 4.79 Å². The maximum absolute atomic E-state index is 11.3. The van der Waals surface area contributed by atoms with Crippen LogP contribution in [0, 0.1) is 0 Å². The number of pyridine rings is 1. The summed E-state index contributed by atoms with van der Waals surface area (Å²) in [4.78, 5) is 17.5. The van der Waals surface area contributed by atoms with Crippen LogP contribution in [-0.4, -0.2) is 42.5 Å². The van der Waals surface area contributed by atoms with Crippen LogP contribution in [0.1, 0.15) is 31.4 Å². The number of rotatable bonds is 7. The Morgan fingerprint density at radius 2 is 2.11 bits per heavy atom. The topological polar surface area (TPSA) is 71.2 Å². The molecule has 5 heteroatoms. The van der Waals surface area contributed by atoms with Crippen molar-refractivity contribution in [3.05, 3.63) is 30.1 Å². The van der Waals surface area contributed by atoms with Crippen molar-refractivity contribution >= 4 is 5.91 Å². The lowest BCUT2D eigenvalue weighted by atomic mass is 9.97. The molecule has 1 rings (SSSR count). The third kappa shape index (κ3) is 4.61. The maximum atomic E-state index is 11.3. The summed E-state index contributed by atoms with van der Waals surface area (Å²) < 4.78 is 0. The van der Waals surface area contributed by atoms with Gasteiger partial charge >= 0.3 is 0 Å². The Balaban J connectivity index is 2.77. The second kappa shape index (κ2) is 7.86. The highest BCUT2D eigenvalue weighted by atomic mass is 16.1. The van der Waals surface area contributed by atoms with Gasteiger partial charge in [0.05, 0.1) is 0 Å². The van der Waals surface area contributed by atoms with Crippen LogP contribution in [0.2, 0.25) is 0 Å². The molecule has 0 radical (unpaired) electrons. The average Bonchev–Trinajstić information content (AvgIpc) is 2.45. The number of carbonyl (C=O) groups is 1. The van der Waals surface area contributed by atoms with E-state index in [0.717, 1.165) is 12.0 Å². The summed E-state index contributed by atoms with van der Waals surface area (Å²) in [7, 11) is 3.66. The van der Waals surface area contributed by atoms with Gasteiger partial charge in [0.15, 0.2) is 0 Å². The monoisotopic (exact) mass is 264 g/mol. The van der Waals surface area contributed by atoms with Gasteiger partial charge in [-0.05, 0) is 31.2 Å². The fraction of sp³-hybridized carbons (Fsp3) is 0.571. The van der Waals surface area contributed by atoms with Crippen LogP contribution in [0.25, 0.3) is 0 Å². The smallest absolute Gasteiger partial charge is 0.221 e. The van der Waals surface area contributed by atoms with Crippen LogP contribution in [0.15, 0.2) is 24.5 Å². The highest BCUT2D eigenvalue weighted by molar-refractivity contribution is 5.75. The Morgan fingerprint density at radius 1 is 1.47 bits per heavy atom.